The Hall–Kier alpha value is -1.75. The molecule has 1 saturated heterocycles. The predicted molar refractivity (Wildman–Crippen MR) is 64.5 cm³/mol. The van der Waals surface area contributed by atoms with E-state index >= 15 is 0 Å². The van der Waals surface area contributed by atoms with Gasteiger partial charge < -0.3 is 9.84 Å². The Balaban J connectivity index is 2.21. The number of carboxylic acid groups (broad SMARTS) is 1. The summed E-state index contributed by atoms with van der Waals surface area (Å²) in [7, 11) is 0. The molecule has 0 saturated carbocycles. The maximum Gasteiger partial charge on any atom is 0.411 e. The van der Waals surface area contributed by atoms with E-state index in [1.165, 1.54) is 0 Å². The SMILES string of the molecule is CC1(c2ccc(Cl)cc2)CN(CC(=O)O)C(=O)O1. The van der Waals surface area contributed by atoms with Gasteiger partial charge in [0.2, 0.25) is 0 Å². The Morgan fingerprint density at radius 3 is 2.67 bits per heavy atom. The van der Waals surface area contributed by atoms with E-state index in [0.29, 0.717) is 5.02 Å². The lowest BCUT2D eigenvalue weighted by atomic mass is 9.96. The molecule has 1 amide bonds. The summed E-state index contributed by atoms with van der Waals surface area (Å²) >= 11 is 5.79. The average molecular weight is 270 g/mol. The number of hydrogen-bond donors (Lipinski definition) is 1. The van der Waals surface area contributed by atoms with E-state index in [-0.39, 0.29) is 13.1 Å². The molecule has 1 aromatic rings. The molecule has 96 valence electrons. The van der Waals surface area contributed by atoms with Gasteiger partial charge in [0.05, 0.1) is 6.54 Å². The second-order valence-corrected chi connectivity index (χ2v) is 4.79. The van der Waals surface area contributed by atoms with E-state index in [1.807, 2.05) is 0 Å². The highest BCUT2D eigenvalue weighted by atomic mass is 35.5. The highest BCUT2D eigenvalue weighted by Crippen LogP contribution is 2.33. The maximum atomic E-state index is 11.6. The zero-order valence-corrected chi connectivity index (χ0v) is 10.5. The van der Waals surface area contributed by atoms with Crippen LogP contribution in [0.4, 0.5) is 4.79 Å². The minimum atomic E-state index is -1.06. The molecule has 0 bridgehead atoms. The summed E-state index contributed by atoms with van der Waals surface area (Å²) in [6.07, 6.45) is -0.616. The van der Waals surface area contributed by atoms with Crippen molar-refractivity contribution in [1.82, 2.24) is 4.90 Å². The van der Waals surface area contributed by atoms with E-state index < -0.39 is 17.7 Å². The summed E-state index contributed by atoms with van der Waals surface area (Å²) in [6.45, 7) is 1.60. The highest BCUT2D eigenvalue weighted by molar-refractivity contribution is 6.30. The van der Waals surface area contributed by atoms with Gasteiger partial charge in [0.1, 0.15) is 6.54 Å². The molecular weight excluding hydrogens is 258 g/mol. The lowest BCUT2D eigenvalue weighted by molar-refractivity contribution is -0.137. The van der Waals surface area contributed by atoms with Gasteiger partial charge in [-0.25, -0.2) is 4.79 Å². The number of benzene rings is 1. The third-order valence-electron chi connectivity index (χ3n) is 2.84. The zero-order valence-electron chi connectivity index (χ0n) is 9.72. The smallest absolute Gasteiger partial charge is 0.411 e. The van der Waals surface area contributed by atoms with Crippen LogP contribution in [-0.4, -0.2) is 35.2 Å². The van der Waals surface area contributed by atoms with E-state index in [1.54, 1.807) is 31.2 Å². The van der Waals surface area contributed by atoms with Crippen LogP contribution in [0, 0.1) is 0 Å². The van der Waals surface area contributed by atoms with Crippen LogP contribution in [-0.2, 0) is 15.1 Å². The minimum Gasteiger partial charge on any atom is -0.480 e. The third kappa shape index (κ3) is 2.41. The first-order chi connectivity index (χ1) is 8.40. The number of carbonyl (C=O) groups excluding carboxylic acids is 1. The molecule has 5 nitrogen and oxygen atoms in total. The van der Waals surface area contributed by atoms with Gasteiger partial charge >= 0.3 is 12.1 Å². The van der Waals surface area contributed by atoms with Crippen LogP contribution in [0.2, 0.25) is 5.02 Å². The number of nitrogens with zero attached hydrogens (tertiary/aromatic N) is 1. The first-order valence-corrected chi connectivity index (χ1v) is 5.74. The van der Waals surface area contributed by atoms with Gasteiger partial charge in [-0.1, -0.05) is 23.7 Å². The molecule has 1 aromatic carbocycles. The van der Waals surface area contributed by atoms with Crippen molar-refractivity contribution in [2.75, 3.05) is 13.1 Å². The van der Waals surface area contributed by atoms with Crippen molar-refractivity contribution in [3.63, 3.8) is 0 Å². The molecule has 18 heavy (non-hydrogen) atoms. The number of carboxylic acids is 1. The second kappa shape index (κ2) is 4.49. The predicted octanol–water partition coefficient (Wildman–Crippen LogP) is 2.09. The van der Waals surface area contributed by atoms with Crippen molar-refractivity contribution in [3.8, 4) is 0 Å². The quantitative estimate of drug-likeness (QED) is 0.912. The summed E-state index contributed by atoms with van der Waals surface area (Å²) in [5.74, 6) is -1.06. The molecular formula is C12H12ClNO4. The normalized spacial score (nSPS) is 23.0. The molecule has 1 aliphatic heterocycles. The largest absolute Gasteiger partial charge is 0.480 e. The molecule has 1 heterocycles. The molecule has 1 aliphatic rings. The molecule has 1 N–H and O–H groups in total. The lowest BCUT2D eigenvalue weighted by Gasteiger charge is -2.22. The number of aliphatic carboxylic acids is 1. The summed E-state index contributed by atoms with van der Waals surface area (Å²) in [5, 5.41) is 9.29. The van der Waals surface area contributed by atoms with Gasteiger partial charge in [-0.2, -0.15) is 0 Å². The van der Waals surface area contributed by atoms with Crippen molar-refractivity contribution in [1.29, 1.82) is 0 Å². The van der Waals surface area contributed by atoms with E-state index in [9.17, 15) is 9.59 Å². The van der Waals surface area contributed by atoms with Crippen LogP contribution >= 0.6 is 11.6 Å². The average Bonchev–Trinajstić information content (AvgIpc) is 2.55. The monoisotopic (exact) mass is 269 g/mol. The molecule has 1 fully saturated rings. The highest BCUT2D eigenvalue weighted by Gasteiger charge is 2.43. The van der Waals surface area contributed by atoms with E-state index in [0.717, 1.165) is 10.5 Å². The number of rotatable bonds is 3. The van der Waals surface area contributed by atoms with Gasteiger partial charge in [0.15, 0.2) is 5.60 Å². The van der Waals surface area contributed by atoms with Crippen LogP contribution < -0.4 is 0 Å². The van der Waals surface area contributed by atoms with Crippen LogP contribution in [0.3, 0.4) is 0 Å². The first kappa shape index (κ1) is 12.7. The van der Waals surface area contributed by atoms with Crippen LogP contribution in [0.5, 0.6) is 0 Å². The van der Waals surface area contributed by atoms with Crippen molar-refractivity contribution in [2.45, 2.75) is 12.5 Å². The molecule has 2 rings (SSSR count). The molecule has 1 atom stereocenters. The topological polar surface area (TPSA) is 66.8 Å². The number of ether oxygens (including phenoxy) is 1. The first-order valence-electron chi connectivity index (χ1n) is 5.36. The van der Waals surface area contributed by atoms with Crippen LogP contribution in [0.25, 0.3) is 0 Å². The lowest BCUT2D eigenvalue weighted by Crippen LogP contribution is -2.33. The summed E-state index contributed by atoms with van der Waals surface area (Å²) in [5.41, 5.74) is -0.0509. The van der Waals surface area contributed by atoms with Crippen LogP contribution in [0.15, 0.2) is 24.3 Å². The zero-order chi connectivity index (χ0) is 13.3. The summed E-state index contributed by atoms with van der Waals surface area (Å²) < 4.78 is 5.27. The van der Waals surface area contributed by atoms with Gasteiger partial charge in [0.25, 0.3) is 0 Å². The van der Waals surface area contributed by atoms with Crippen molar-refractivity contribution in [3.05, 3.63) is 34.9 Å². The number of carbonyl (C=O) groups is 2. The fourth-order valence-corrected chi connectivity index (χ4v) is 2.08. The van der Waals surface area contributed by atoms with Crippen LogP contribution in [0.1, 0.15) is 12.5 Å². The van der Waals surface area contributed by atoms with Gasteiger partial charge in [-0.15, -0.1) is 0 Å². The number of amides is 1. The second-order valence-electron chi connectivity index (χ2n) is 4.36. The number of halogens is 1. The molecule has 0 aromatic heterocycles. The molecule has 0 aliphatic carbocycles. The Labute approximate surface area is 109 Å². The minimum absolute atomic E-state index is 0.208. The van der Waals surface area contributed by atoms with Gasteiger partial charge in [-0.05, 0) is 24.6 Å². The third-order valence-corrected chi connectivity index (χ3v) is 3.10. The Morgan fingerprint density at radius 2 is 2.11 bits per heavy atom. The van der Waals surface area contributed by atoms with E-state index in [4.69, 9.17) is 21.4 Å². The Bertz CT molecular complexity index is 487. The summed E-state index contributed by atoms with van der Waals surface area (Å²) in [6, 6.07) is 6.94. The molecule has 0 spiro atoms. The van der Waals surface area contributed by atoms with E-state index in [2.05, 4.69) is 0 Å². The van der Waals surface area contributed by atoms with Gasteiger partial charge in [-0.3, -0.25) is 9.69 Å². The maximum absolute atomic E-state index is 11.6. The standard InChI is InChI=1S/C12H12ClNO4/c1-12(8-2-4-9(13)5-3-8)7-14(6-10(15)16)11(17)18-12/h2-5H,6-7H2,1H3,(H,15,16). The van der Waals surface area contributed by atoms with Crippen molar-refractivity contribution in [2.24, 2.45) is 0 Å². The van der Waals surface area contributed by atoms with Crippen molar-refractivity contribution < 1.29 is 19.4 Å². The summed E-state index contributed by atoms with van der Waals surface area (Å²) in [4.78, 5) is 23.4. The van der Waals surface area contributed by atoms with Gasteiger partial charge in [0, 0.05) is 5.02 Å². The fraction of sp³-hybridized carbons (Fsp3) is 0.333. The van der Waals surface area contributed by atoms with Crippen molar-refractivity contribution >= 4 is 23.7 Å². The number of hydrogen-bond acceptors (Lipinski definition) is 3. The Morgan fingerprint density at radius 1 is 1.50 bits per heavy atom. The molecule has 1 unspecified atom stereocenters. The number of cyclic esters (lactones) is 1. The molecule has 0 radical (unpaired) electrons. The Kier molecular flexibility index (Phi) is 3.17. The fourth-order valence-electron chi connectivity index (χ4n) is 1.95. The molecule has 6 heteroatoms.